The summed E-state index contributed by atoms with van der Waals surface area (Å²) in [6.07, 6.45) is 8.05. The Morgan fingerprint density at radius 2 is 1.79 bits per heavy atom. The average Bonchev–Trinajstić information content (AvgIpc) is 3.26. The van der Waals surface area contributed by atoms with Crippen LogP contribution in [-0.4, -0.2) is 112 Å². The van der Waals surface area contributed by atoms with Crippen molar-refractivity contribution in [2.24, 2.45) is 5.92 Å². The van der Waals surface area contributed by atoms with Crippen LogP contribution < -0.4 is 0 Å². The van der Waals surface area contributed by atoms with E-state index in [0.29, 0.717) is 11.9 Å². The zero-order valence-electron chi connectivity index (χ0n) is 17.2. The number of carbonyl (C=O) groups excluding carboxylic acids is 1. The molecule has 28 heavy (non-hydrogen) atoms. The van der Waals surface area contributed by atoms with Gasteiger partial charge in [-0.25, -0.2) is 4.98 Å². The highest BCUT2D eigenvalue weighted by Crippen LogP contribution is 2.25. The third kappa shape index (κ3) is 4.90. The van der Waals surface area contributed by atoms with Gasteiger partial charge in [0.05, 0.1) is 12.5 Å². The first kappa shape index (κ1) is 19.8. The van der Waals surface area contributed by atoms with Gasteiger partial charge in [-0.05, 0) is 52.4 Å². The molecule has 3 aliphatic heterocycles. The molecule has 3 fully saturated rings. The largest absolute Gasteiger partial charge is 0.340 e. The van der Waals surface area contributed by atoms with Crippen LogP contribution in [0, 0.1) is 5.92 Å². The topological polar surface area (TPSA) is 60.7 Å². The Kier molecular flexibility index (Phi) is 6.59. The van der Waals surface area contributed by atoms with Gasteiger partial charge in [-0.2, -0.15) is 5.10 Å². The van der Waals surface area contributed by atoms with Crippen molar-refractivity contribution in [2.45, 2.75) is 38.3 Å². The summed E-state index contributed by atoms with van der Waals surface area (Å²) in [5.41, 5.74) is 0. The molecule has 1 aromatic heterocycles. The Labute approximate surface area is 168 Å². The summed E-state index contributed by atoms with van der Waals surface area (Å²) in [6.45, 7) is 10.2. The summed E-state index contributed by atoms with van der Waals surface area (Å²) in [5, 5.41) is 4.19. The van der Waals surface area contributed by atoms with Crippen molar-refractivity contribution >= 4 is 5.91 Å². The fourth-order valence-electron chi connectivity index (χ4n) is 4.92. The number of hydrogen-bond donors (Lipinski definition) is 0. The molecule has 4 heterocycles. The molecule has 3 saturated heterocycles. The summed E-state index contributed by atoms with van der Waals surface area (Å²) >= 11 is 0. The standard InChI is InChI=1S/C20H35N7O/c1-23-9-12-25(13-10-23)20(28)18-3-2-6-26(15-18)19-4-7-24(8-5-19)11-14-27-17-21-16-22-27/h16-19H,2-15H2,1H3. The summed E-state index contributed by atoms with van der Waals surface area (Å²) in [7, 11) is 2.14. The van der Waals surface area contributed by atoms with Crippen LogP contribution in [-0.2, 0) is 11.3 Å². The van der Waals surface area contributed by atoms with E-state index in [-0.39, 0.29) is 5.92 Å². The highest BCUT2D eigenvalue weighted by atomic mass is 16.2. The van der Waals surface area contributed by atoms with Crippen molar-refractivity contribution in [3.63, 3.8) is 0 Å². The number of aromatic nitrogens is 3. The van der Waals surface area contributed by atoms with Gasteiger partial charge in [0, 0.05) is 45.3 Å². The van der Waals surface area contributed by atoms with Crippen molar-refractivity contribution in [1.29, 1.82) is 0 Å². The van der Waals surface area contributed by atoms with Crippen molar-refractivity contribution in [1.82, 2.24) is 34.4 Å². The van der Waals surface area contributed by atoms with Crippen molar-refractivity contribution < 1.29 is 4.79 Å². The van der Waals surface area contributed by atoms with Gasteiger partial charge in [-0.3, -0.25) is 14.4 Å². The maximum atomic E-state index is 13.0. The van der Waals surface area contributed by atoms with Crippen LogP contribution in [0.25, 0.3) is 0 Å². The minimum Gasteiger partial charge on any atom is -0.340 e. The van der Waals surface area contributed by atoms with Gasteiger partial charge in [0.25, 0.3) is 0 Å². The number of likely N-dealkylation sites (tertiary alicyclic amines) is 2. The summed E-state index contributed by atoms with van der Waals surface area (Å²) in [6, 6.07) is 0.644. The van der Waals surface area contributed by atoms with E-state index in [9.17, 15) is 4.79 Å². The summed E-state index contributed by atoms with van der Waals surface area (Å²) < 4.78 is 1.91. The second-order valence-electron chi connectivity index (χ2n) is 8.69. The molecule has 0 saturated carbocycles. The molecular weight excluding hydrogens is 354 g/mol. The number of rotatable bonds is 5. The van der Waals surface area contributed by atoms with Gasteiger partial charge in [0.1, 0.15) is 12.7 Å². The van der Waals surface area contributed by atoms with E-state index in [1.807, 2.05) is 4.68 Å². The number of hydrogen-bond acceptors (Lipinski definition) is 6. The first-order chi connectivity index (χ1) is 13.7. The molecule has 1 unspecified atom stereocenters. The molecule has 156 valence electrons. The monoisotopic (exact) mass is 389 g/mol. The Hall–Kier alpha value is -1.51. The Balaban J connectivity index is 1.22. The highest BCUT2D eigenvalue weighted by Gasteiger charge is 2.34. The fourth-order valence-corrected chi connectivity index (χ4v) is 4.92. The smallest absolute Gasteiger partial charge is 0.227 e. The Morgan fingerprint density at radius 3 is 2.50 bits per heavy atom. The quantitative estimate of drug-likeness (QED) is 0.719. The van der Waals surface area contributed by atoms with E-state index in [0.717, 1.165) is 78.3 Å². The molecule has 0 N–H and O–H groups in total. The lowest BCUT2D eigenvalue weighted by Crippen LogP contribution is -2.54. The van der Waals surface area contributed by atoms with Gasteiger partial charge >= 0.3 is 0 Å². The van der Waals surface area contributed by atoms with Crippen molar-refractivity contribution in [2.75, 3.05) is 66.0 Å². The molecular formula is C20H35N7O. The van der Waals surface area contributed by atoms with Gasteiger partial charge in [-0.1, -0.05) is 0 Å². The Morgan fingerprint density at radius 1 is 1.00 bits per heavy atom. The summed E-state index contributed by atoms with van der Waals surface area (Å²) in [4.78, 5) is 26.6. The molecule has 8 heteroatoms. The van der Waals surface area contributed by atoms with Gasteiger partial charge < -0.3 is 14.7 Å². The lowest BCUT2D eigenvalue weighted by atomic mass is 9.92. The number of piperazine rings is 1. The molecule has 1 atom stereocenters. The van der Waals surface area contributed by atoms with Crippen LogP contribution in [0.1, 0.15) is 25.7 Å². The van der Waals surface area contributed by atoms with E-state index < -0.39 is 0 Å². The first-order valence-corrected chi connectivity index (χ1v) is 10.9. The average molecular weight is 390 g/mol. The van der Waals surface area contributed by atoms with Crippen molar-refractivity contribution in [3.05, 3.63) is 12.7 Å². The third-order valence-corrected chi connectivity index (χ3v) is 6.80. The van der Waals surface area contributed by atoms with Gasteiger partial charge in [0.15, 0.2) is 0 Å². The predicted octanol–water partition coefficient (Wildman–Crippen LogP) is 0.229. The van der Waals surface area contributed by atoms with Crippen LogP contribution in [0.2, 0.25) is 0 Å². The molecule has 0 aromatic carbocycles. The number of carbonyl (C=O) groups is 1. The predicted molar refractivity (Wildman–Crippen MR) is 108 cm³/mol. The van der Waals surface area contributed by atoms with E-state index in [2.05, 4.69) is 36.7 Å². The van der Waals surface area contributed by atoms with Crippen LogP contribution in [0.3, 0.4) is 0 Å². The molecule has 0 spiro atoms. The second-order valence-corrected chi connectivity index (χ2v) is 8.69. The molecule has 1 amide bonds. The second kappa shape index (κ2) is 9.33. The van der Waals surface area contributed by atoms with Crippen LogP contribution >= 0.6 is 0 Å². The summed E-state index contributed by atoms with van der Waals surface area (Å²) in [5.74, 6) is 0.616. The number of piperidine rings is 2. The molecule has 1 aromatic rings. The molecule has 4 rings (SSSR count). The first-order valence-electron chi connectivity index (χ1n) is 10.9. The van der Waals surface area contributed by atoms with E-state index in [1.165, 1.54) is 12.8 Å². The molecule has 0 bridgehead atoms. The maximum Gasteiger partial charge on any atom is 0.227 e. The van der Waals surface area contributed by atoms with E-state index in [1.54, 1.807) is 12.7 Å². The van der Waals surface area contributed by atoms with Crippen LogP contribution in [0.4, 0.5) is 0 Å². The minimum atomic E-state index is 0.211. The van der Waals surface area contributed by atoms with Crippen LogP contribution in [0.5, 0.6) is 0 Å². The molecule has 8 nitrogen and oxygen atoms in total. The number of likely N-dealkylation sites (N-methyl/N-ethyl adjacent to an activating group) is 1. The molecule has 3 aliphatic rings. The minimum absolute atomic E-state index is 0.211. The zero-order valence-corrected chi connectivity index (χ0v) is 17.2. The van der Waals surface area contributed by atoms with Crippen molar-refractivity contribution in [3.8, 4) is 0 Å². The van der Waals surface area contributed by atoms with Crippen LogP contribution in [0.15, 0.2) is 12.7 Å². The van der Waals surface area contributed by atoms with E-state index >= 15 is 0 Å². The fraction of sp³-hybridized carbons (Fsp3) is 0.850. The molecule has 0 radical (unpaired) electrons. The lowest BCUT2D eigenvalue weighted by Gasteiger charge is -2.43. The third-order valence-electron chi connectivity index (χ3n) is 6.80. The number of nitrogens with zero attached hydrogens (tertiary/aromatic N) is 7. The highest BCUT2D eigenvalue weighted by molar-refractivity contribution is 5.79. The van der Waals surface area contributed by atoms with Gasteiger partial charge in [0.2, 0.25) is 5.91 Å². The Bertz CT molecular complexity index is 606. The zero-order chi connectivity index (χ0) is 19.3. The normalized spacial score (nSPS) is 26.6. The maximum absolute atomic E-state index is 13.0. The van der Waals surface area contributed by atoms with E-state index in [4.69, 9.17) is 0 Å². The number of amides is 1. The molecule has 0 aliphatic carbocycles. The van der Waals surface area contributed by atoms with Gasteiger partial charge in [-0.15, -0.1) is 0 Å². The SMILES string of the molecule is CN1CCN(C(=O)C2CCCN(C3CCN(CCn4cncn4)CC3)C2)CC1. The lowest BCUT2D eigenvalue weighted by molar-refractivity contribution is -0.139.